The van der Waals surface area contributed by atoms with Gasteiger partial charge in [0.15, 0.2) is 11.6 Å². The number of rotatable bonds is 6. The van der Waals surface area contributed by atoms with Crippen LogP contribution in [0.5, 0.6) is 0 Å². The number of hydrogen-bond donors (Lipinski definition) is 2. The number of likely N-dealkylation sites (N-methyl/N-ethyl adjacent to an activating group) is 1. The molecule has 0 radical (unpaired) electrons. The van der Waals surface area contributed by atoms with Gasteiger partial charge in [0.05, 0.1) is 5.75 Å². The minimum absolute atomic E-state index is 0.0975. The zero-order valence-electron chi connectivity index (χ0n) is 13.8. The van der Waals surface area contributed by atoms with Gasteiger partial charge in [-0.25, -0.2) is 8.78 Å². The van der Waals surface area contributed by atoms with Crippen LogP contribution >= 0.6 is 11.8 Å². The van der Waals surface area contributed by atoms with Gasteiger partial charge >= 0.3 is 0 Å². The standard InChI is InChI=1S/C18H18F2N2O2S/c1-11-3-6-13(7-4-11)25-10-16(23)22-17(18(24)21-2)12-5-8-14(19)15(20)9-12/h3-9,17H,10H2,1-2H3,(H,21,24)(H,22,23). The van der Waals surface area contributed by atoms with Crippen molar-refractivity contribution in [2.45, 2.75) is 17.9 Å². The predicted octanol–water partition coefficient (Wildman–Crippen LogP) is 2.97. The lowest BCUT2D eigenvalue weighted by molar-refractivity contribution is -0.127. The molecular formula is C18H18F2N2O2S. The third kappa shape index (κ3) is 5.29. The number of hydrogen-bond acceptors (Lipinski definition) is 3. The lowest BCUT2D eigenvalue weighted by atomic mass is 10.1. The molecule has 0 aliphatic carbocycles. The predicted molar refractivity (Wildman–Crippen MR) is 93.2 cm³/mol. The van der Waals surface area contributed by atoms with Crippen LogP contribution in [0.15, 0.2) is 47.4 Å². The number of benzene rings is 2. The fraction of sp³-hybridized carbons (Fsp3) is 0.222. The molecule has 0 saturated heterocycles. The molecule has 7 heteroatoms. The van der Waals surface area contributed by atoms with E-state index in [9.17, 15) is 18.4 Å². The third-order valence-electron chi connectivity index (χ3n) is 3.48. The van der Waals surface area contributed by atoms with E-state index in [1.165, 1.54) is 24.9 Å². The van der Waals surface area contributed by atoms with Crippen LogP contribution in [0.2, 0.25) is 0 Å². The Morgan fingerprint density at radius 3 is 2.36 bits per heavy atom. The molecule has 132 valence electrons. The Morgan fingerprint density at radius 1 is 1.08 bits per heavy atom. The van der Waals surface area contributed by atoms with Crippen molar-refractivity contribution in [2.75, 3.05) is 12.8 Å². The van der Waals surface area contributed by atoms with E-state index in [1.54, 1.807) is 0 Å². The molecule has 0 saturated carbocycles. The molecule has 2 aromatic rings. The summed E-state index contributed by atoms with van der Waals surface area (Å²) in [4.78, 5) is 25.1. The molecule has 25 heavy (non-hydrogen) atoms. The maximum Gasteiger partial charge on any atom is 0.246 e. The van der Waals surface area contributed by atoms with Crippen molar-refractivity contribution in [1.29, 1.82) is 0 Å². The first-order valence-corrected chi connectivity index (χ1v) is 8.54. The van der Waals surface area contributed by atoms with Crippen molar-refractivity contribution >= 4 is 23.6 Å². The van der Waals surface area contributed by atoms with Gasteiger partial charge in [-0.05, 0) is 36.8 Å². The van der Waals surface area contributed by atoms with E-state index in [4.69, 9.17) is 0 Å². The van der Waals surface area contributed by atoms with Crippen LogP contribution in [0, 0.1) is 18.6 Å². The van der Waals surface area contributed by atoms with Crippen LogP contribution in [-0.2, 0) is 9.59 Å². The van der Waals surface area contributed by atoms with E-state index in [0.717, 1.165) is 22.6 Å². The van der Waals surface area contributed by atoms with Crippen molar-refractivity contribution in [3.8, 4) is 0 Å². The molecule has 0 spiro atoms. The largest absolute Gasteiger partial charge is 0.357 e. The first-order chi connectivity index (χ1) is 11.9. The Labute approximate surface area is 149 Å². The summed E-state index contributed by atoms with van der Waals surface area (Å²) in [6.07, 6.45) is 0. The Balaban J connectivity index is 2.05. The monoisotopic (exact) mass is 364 g/mol. The molecule has 0 bridgehead atoms. The molecule has 2 rings (SSSR count). The van der Waals surface area contributed by atoms with E-state index in [1.807, 2.05) is 31.2 Å². The summed E-state index contributed by atoms with van der Waals surface area (Å²) < 4.78 is 26.5. The van der Waals surface area contributed by atoms with Gasteiger partial charge in [-0.3, -0.25) is 9.59 Å². The Bertz CT molecular complexity index is 766. The van der Waals surface area contributed by atoms with Crippen molar-refractivity contribution in [3.63, 3.8) is 0 Å². The van der Waals surface area contributed by atoms with E-state index < -0.39 is 23.6 Å². The summed E-state index contributed by atoms with van der Waals surface area (Å²) in [6.45, 7) is 1.97. The van der Waals surface area contributed by atoms with Gasteiger partial charge in [0.25, 0.3) is 0 Å². The molecular weight excluding hydrogens is 346 g/mol. The fourth-order valence-electron chi connectivity index (χ4n) is 2.12. The molecule has 0 aliphatic heterocycles. The van der Waals surface area contributed by atoms with Crippen LogP contribution in [0.25, 0.3) is 0 Å². The minimum Gasteiger partial charge on any atom is -0.357 e. The average molecular weight is 364 g/mol. The van der Waals surface area contributed by atoms with E-state index in [-0.39, 0.29) is 17.2 Å². The van der Waals surface area contributed by atoms with Crippen LogP contribution < -0.4 is 10.6 Å². The zero-order valence-corrected chi connectivity index (χ0v) is 14.6. The van der Waals surface area contributed by atoms with Gasteiger partial charge in [-0.1, -0.05) is 23.8 Å². The van der Waals surface area contributed by atoms with Gasteiger partial charge in [-0.2, -0.15) is 0 Å². The number of thioether (sulfide) groups is 1. The van der Waals surface area contributed by atoms with Gasteiger partial charge in [0.1, 0.15) is 6.04 Å². The molecule has 2 amide bonds. The second-order valence-corrected chi connectivity index (χ2v) is 6.44. The summed E-state index contributed by atoms with van der Waals surface area (Å²) >= 11 is 1.32. The van der Waals surface area contributed by atoms with Crippen molar-refractivity contribution < 1.29 is 18.4 Å². The molecule has 0 aliphatic rings. The van der Waals surface area contributed by atoms with Gasteiger partial charge in [-0.15, -0.1) is 11.8 Å². The summed E-state index contributed by atoms with van der Waals surface area (Å²) in [5.41, 5.74) is 1.29. The highest BCUT2D eigenvalue weighted by molar-refractivity contribution is 8.00. The average Bonchev–Trinajstić information content (AvgIpc) is 2.61. The normalized spacial score (nSPS) is 11.7. The third-order valence-corrected chi connectivity index (χ3v) is 4.49. The summed E-state index contributed by atoms with van der Waals surface area (Å²) in [5.74, 6) is -2.89. The highest BCUT2D eigenvalue weighted by atomic mass is 32.2. The highest BCUT2D eigenvalue weighted by Crippen LogP contribution is 2.20. The summed E-state index contributed by atoms with van der Waals surface area (Å²) in [5, 5.41) is 4.96. The second kappa shape index (κ2) is 8.62. The lowest BCUT2D eigenvalue weighted by Crippen LogP contribution is -2.39. The maximum absolute atomic E-state index is 13.4. The van der Waals surface area contributed by atoms with Crippen LogP contribution in [0.3, 0.4) is 0 Å². The molecule has 0 aromatic heterocycles. The number of carbonyl (C=O) groups is 2. The Kier molecular flexibility index (Phi) is 6.52. The molecule has 4 nitrogen and oxygen atoms in total. The fourth-order valence-corrected chi connectivity index (χ4v) is 2.83. The first-order valence-electron chi connectivity index (χ1n) is 7.56. The molecule has 0 heterocycles. The molecule has 0 fully saturated rings. The van der Waals surface area contributed by atoms with Crippen molar-refractivity contribution in [1.82, 2.24) is 10.6 Å². The van der Waals surface area contributed by atoms with Gasteiger partial charge in [0, 0.05) is 11.9 Å². The first kappa shape index (κ1) is 18.9. The zero-order chi connectivity index (χ0) is 18.4. The van der Waals surface area contributed by atoms with Crippen LogP contribution in [-0.4, -0.2) is 24.6 Å². The molecule has 2 aromatic carbocycles. The smallest absolute Gasteiger partial charge is 0.246 e. The molecule has 1 unspecified atom stereocenters. The number of amides is 2. The quantitative estimate of drug-likeness (QED) is 0.775. The van der Waals surface area contributed by atoms with Gasteiger partial charge in [0.2, 0.25) is 11.8 Å². The Hall–Kier alpha value is -2.41. The molecule has 2 N–H and O–H groups in total. The van der Waals surface area contributed by atoms with Crippen LogP contribution in [0.4, 0.5) is 8.78 Å². The summed E-state index contributed by atoms with van der Waals surface area (Å²) in [7, 11) is 1.41. The lowest BCUT2D eigenvalue weighted by Gasteiger charge is -2.18. The van der Waals surface area contributed by atoms with Crippen LogP contribution in [0.1, 0.15) is 17.2 Å². The number of nitrogens with one attached hydrogen (secondary N) is 2. The highest BCUT2D eigenvalue weighted by Gasteiger charge is 2.23. The topological polar surface area (TPSA) is 58.2 Å². The van der Waals surface area contributed by atoms with E-state index in [2.05, 4.69) is 10.6 Å². The maximum atomic E-state index is 13.4. The second-order valence-electron chi connectivity index (χ2n) is 5.39. The van der Waals surface area contributed by atoms with Crippen molar-refractivity contribution in [2.24, 2.45) is 0 Å². The van der Waals surface area contributed by atoms with Gasteiger partial charge < -0.3 is 10.6 Å². The number of halogens is 2. The van der Waals surface area contributed by atoms with Crippen molar-refractivity contribution in [3.05, 3.63) is 65.2 Å². The SMILES string of the molecule is CNC(=O)C(NC(=O)CSc1ccc(C)cc1)c1ccc(F)c(F)c1. The Morgan fingerprint density at radius 2 is 1.76 bits per heavy atom. The summed E-state index contributed by atoms with van der Waals surface area (Å²) in [6, 6.07) is 9.69. The number of carbonyl (C=O) groups excluding carboxylic acids is 2. The van der Waals surface area contributed by atoms with E-state index >= 15 is 0 Å². The minimum atomic E-state index is -1.09. The number of aryl methyl sites for hydroxylation is 1. The van der Waals surface area contributed by atoms with E-state index in [0.29, 0.717) is 0 Å². The molecule has 1 atom stereocenters.